The summed E-state index contributed by atoms with van der Waals surface area (Å²) in [5, 5.41) is 2.93. The quantitative estimate of drug-likeness (QED) is 0.353. The smallest absolute Gasteiger partial charge is 0.230 e. The van der Waals surface area contributed by atoms with E-state index in [-0.39, 0.29) is 12.3 Å². The van der Waals surface area contributed by atoms with Crippen LogP contribution in [0.1, 0.15) is 11.3 Å². The van der Waals surface area contributed by atoms with Crippen molar-refractivity contribution in [2.45, 2.75) is 12.8 Å². The second-order valence-electron chi connectivity index (χ2n) is 7.78. The van der Waals surface area contributed by atoms with Crippen LogP contribution in [-0.4, -0.2) is 36.7 Å². The minimum absolute atomic E-state index is 0.124. The van der Waals surface area contributed by atoms with Crippen LogP contribution < -0.4 is 19.5 Å². The van der Waals surface area contributed by atoms with Crippen molar-refractivity contribution in [3.63, 3.8) is 0 Å². The third-order valence-corrected chi connectivity index (χ3v) is 5.32. The molecule has 0 aliphatic heterocycles. The van der Waals surface area contributed by atoms with Gasteiger partial charge in [-0.05, 0) is 48.0 Å². The van der Waals surface area contributed by atoms with E-state index < -0.39 is 0 Å². The lowest BCUT2D eigenvalue weighted by atomic mass is 10.1. The van der Waals surface area contributed by atoms with Crippen molar-refractivity contribution in [3.05, 3.63) is 96.3 Å². The van der Waals surface area contributed by atoms with Crippen LogP contribution in [0.3, 0.4) is 0 Å². The van der Waals surface area contributed by atoms with Crippen LogP contribution >= 0.6 is 0 Å². The highest BCUT2D eigenvalue weighted by Gasteiger charge is 2.08. The van der Waals surface area contributed by atoms with E-state index in [1.54, 1.807) is 20.4 Å². The molecule has 7 heteroatoms. The fourth-order valence-electron chi connectivity index (χ4n) is 3.59. The number of pyridine rings is 2. The van der Waals surface area contributed by atoms with Crippen molar-refractivity contribution >= 4 is 11.6 Å². The van der Waals surface area contributed by atoms with Gasteiger partial charge in [-0.2, -0.15) is 0 Å². The highest BCUT2D eigenvalue weighted by molar-refractivity contribution is 5.92. The molecule has 7 nitrogen and oxygen atoms in total. The van der Waals surface area contributed by atoms with Gasteiger partial charge < -0.3 is 19.5 Å². The van der Waals surface area contributed by atoms with E-state index >= 15 is 0 Å². The van der Waals surface area contributed by atoms with Crippen LogP contribution in [0.25, 0.3) is 11.3 Å². The zero-order valence-corrected chi connectivity index (χ0v) is 19.7. The molecule has 0 atom stereocenters. The Bertz CT molecular complexity index is 1280. The highest BCUT2D eigenvalue weighted by atomic mass is 16.5. The molecule has 2 aromatic heterocycles. The van der Waals surface area contributed by atoms with Gasteiger partial charge in [0.1, 0.15) is 0 Å². The Labute approximate surface area is 204 Å². The van der Waals surface area contributed by atoms with Gasteiger partial charge in [-0.3, -0.25) is 9.78 Å². The van der Waals surface area contributed by atoms with Gasteiger partial charge in [0.2, 0.25) is 11.8 Å². The predicted molar refractivity (Wildman–Crippen MR) is 135 cm³/mol. The first-order chi connectivity index (χ1) is 17.1. The van der Waals surface area contributed by atoms with Crippen LogP contribution in [0.15, 0.2) is 85.1 Å². The summed E-state index contributed by atoms with van der Waals surface area (Å²) in [7, 11) is 3.24. The Kier molecular flexibility index (Phi) is 7.91. The van der Waals surface area contributed by atoms with Gasteiger partial charge in [0, 0.05) is 35.6 Å². The van der Waals surface area contributed by atoms with E-state index in [1.807, 2.05) is 78.9 Å². The average molecular weight is 470 g/mol. The monoisotopic (exact) mass is 469 g/mol. The molecule has 178 valence electrons. The van der Waals surface area contributed by atoms with Gasteiger partial charge in [0.15, 0.2) is 11.5 Å². The molecule has 0 unspecified atom stereocenters. The molecule has 2 heterocycles. The largest absolute Gasteiger partial charge is 0.493 e. The molecule has 0 bridgehead atoms. The van der Waals surface area contributed by atoms with Crippen LogP contribution in [0, 0.1) is 0 Å². The SMILES string of the molecule is COc1ccc(CCOc2cccc(-c3cccc(NC(=O)Cc4ccccn4)c3)n2)cc1OC. The maximum Gasteiger partial charge on any atom is 0.230 e. The van der Waals surface area contributed by atoms with Crippen molar-refractivity contribution in [2.24, 2.45) is 0 Å². The second-order valence-corrected chi connectivity index (χ2v) is 7.78. The van der Waals surface area contributed by atoms with E-state index in [2.05, 4.69) is 15.3 Å². The Balaban J connectivity index is 1.37. The van der Waals surface area contributed by atoms with E-state index in [4.69, 9.17) is 14.2 Å². The zero-order valence-electron chi connectivity index (χ0n) is 19.7. The number of carbonyl (C=O) groups excluding carboxylic acids is 1. The van der Waals surface area contributed by atoms with Gasteiger partial charge in [-0.25, -0.2) is 4.98 Å². The number of carbonyl (C=O) groups is 1. The lowest BCUT2D eigenvalue weighted by Gasteiger charge is -2.11. The van der Waals surface area contributed by atoms with Gasteiger partial charge in [0.05, 0.1) is 32.9 Å². The third kappa shape index (κ3) is 6.57. The van der Waals surface area contributed by atoms with E-state index in [0.29, 0.717) is 36.1 Å². The molecular formula is C28H27N3O4. The van der Waals surface area contributed by atoms with Crippen molar-refractivity contribution < 1.29 is 19.0 Å². The molecule has 1 N–H and O–H groups in total. The first-order valence-electron chi connectivity index (χ1n) is 11.3. The zero-order chi connectivity index (χ0) is 24.5. The maximum atomic E-state index is 12.4. The molecule has 0 fully saturated rings. The second kappa shape index (κ2) is 11.7. The average Bonchev–Trinajstić information content (AvgIpc) is 2.89. The Morgan fingerprint density at radius 2 is 1.74 bits per heavy atom. The number of nitrogens with one attached hydrogen (secondary N) is 1. The molecule has 1 amide bonds. The molecule has 0 aliphatic carbocycles. The van der Waals surface area contributed by atoms with Crippen molar-refractivity contribution in [2.75, 3.05) is 26.1 Å². The minimum Gasteiger partial charge on any atom is -0.493 e. The number of methoxy groups -OCH3 is 2. The number of hydrogen-bond acceptors (Lipinski definition) is 6. The summed E-state index contributed by atoms with van der Waals surface area (Å²) in [4.78, 5) is 21.2. The topological polar surface area (TPSA) is 82.6 Å². The number of nitrogens with zero attached hydrogens (tertiary/aromatic N) is 2. The number of benzene rings is 2. The maximum absolute atomic E-state index is 12.4. The first kappa shape index (κ1) is 23.8. The lowest BCUT2D eigenvalue weighted by molar-refractivity contribution is -0.115. The Morgan fingerprint density at radius 3 is 2.54 bits per heavy atom. The number of anilines is 1. The number of rotatable bonds is 10. The van der Waals surface area contributed by atoms with Crippen LogP contribution in [0.5, 0.6) is 17.4 Å². The van der Waals surface area contributed by atoms with Gasteiger partial charge in [0.25, 0.3) is 0 Å². The van der Waals surface area contributed by atoms with Crippen molar-refractivity contribution in [1.29, 1.82) is 0 Å². The summed E-state index contributed by atoms with van der Waals surface area (Å²) in [6, 6.07) is 24.6. The molecule has 4 rings (SSSR count). The van der Waals surface area contributed by atoms with Crippen LogP contribution in [0.4, 0.5) is 5.69 Å². The van der Waals surface area contributed by atoms with Crippen LogP contribution in [-0.2, 0) is 17.6 Å². The molecule has 35 heavy (non-hydrogen) atoms. The predicted octanol–water partition coefficient (Wildman–Crippen LogP) is 4.96. The summed E-state index contributed by atoms with van der Waals surface area (Å²) in [6.45, 7) is 0.468. The van der Waals surface area contributed by atoms with Gasteiger partial charge in [-0.15, -0.1) is 0 Å². The van der Waals surface area contributed by atoms with E-state index in [9.17, 15) is 4.79 Å². The summed E-state index contributed by atoms with van der Waals surface area (Å²) in [5.41, 5.74) is 4.14. The molecular weight excluding hydrogens is 442 g/mol. The van der Waals surface area contributed by atoms with Gasteiger partial charge >= 0.3 is 0 Å². The molecule has 2 aromatic carbocycles. The van der Waals surface area contributed by atoms with E-state index in [0.717, 1.165) is 22.5 Å². The molecule has 4 aromatic rings. The number of aromatic nitrogens is 2. The summed E-state index contributed by atoms with van der Waals surface area (Å²) in [5.74, 6) is 1.80. The van der Waals surface area contributed by atoms with Crippen LogP contribution in [0.2, 0.25) is 0 Å². The van der Waals surface area contributed by atoms with Crippen molar-refractivity contribution in [1.82, 2.24) is 9.97 Å². The first-order valence-corrected chi connectivity index (χ1v) is 11.3. The molecule has 0 radical (unpaired) electrons. The highest BCUT2D eigenvalue weighted by Crippen LogP contribution is 2.28. The fraction of sp³-hybridized carbons (Fsp3) is 0.179. The van der Waals surface area contributed by atoms with Gasteiger partial charge in [-0.1, -0.05) is 30.3 Å². The molecule has 0 spiro atoms. The number of hydrogen-bond donors (Lipinski definition) is 1. The molecule has 0 saturated carbocycles. The standard InChI is InChI=1S/C28H27N3O4/c1-33-25-13-12-20(17-26(25)34-2)14-16-35-28-11-6-10-24(31-28)21-7-5-9-23(18-21)30-27(32)19-22-8-3-4-15-29-22/h3-13,15,17-18H,14,16,19H2,1-2H3,(H,30,32). The number of amides is 1. The molecule has 0 saturated heterocycles. The Hall–Kier alpha value is -4.39. The minimum atomic E-state index is -0.124. The normalized spacial score (nSPS) is 10.5. The molecule has 0 aliphatic rings. The Morgan fingerprint density at radius 1 is 0.886 bits per heavy atom. The fourth-order valence-corrected chi connectivity index (χ4v) is 3.59. The number of ether oxygens (including phenoxy) is 3. The third-order valence-electron chi connectivity index (χ3n) is 5.32. The summed E-state index contributed by atoms with van der Waals surface area (Å²) >= 11 is 0. The lowest BCUT2D eigenvalue weighted by Crippen LogP contribution is -2.15. The summed E-state index contributed by atoms with van der Waals surface area (Å²) < 4.78 is 16.5. The van der Waals surface area contributed by atoms with E-state index in [1.165, 1.54) is 0 Å². The summed E-state index contributed by atoms with van der Waals surface area (Å²) in [6.07, 6.45) is 2.59. The van der Waals surface area contributed by atoms with Crippen molar-refractivity contribution in [3.8, 4) is 28.6 Å².